The zero-order valence-electron chi connectivity index (χ0n) is 16.6. The second-order valence-electron chi connectivity index (χ2n) is 7.11. The van der Waals surface area contributed by atoms with Gasteiger partial charge in [0, 0.05) is 18.4 Å². The molecule has 0 aliphatic carbocycles. The van der Waals surface area contributed by atoms with Crippen LogP contribution in [0.5, 0.6) is 11.5 Å². The van der Waals surface area contributed by atoms with Gasteiger partial charge in [0.1, 0.15) is 5.71 Å². The van der Waals surface area contributed by atoms with Crippen LogP contribution in [-0.2, 0) is 14.3 Å². The van der Waals surface area contributed by atoms with Crippen LogP contribution in [0.15, 0.2) is 41.5 Å². The van der Waals surface area contributed by atoms with Gasteiger partial charge in [-0.3, -0.25) is 9.59 Å². The molecular weight excluding hydrogens is 388 g/mol. The molecule has 2 aromatic carbocycles. The summed E-state index contributed by atoms with van der Waals surface area (Å²) in [6, 6.07) is 10.4. The van der Waals surface area contributed by atoms with E-state index in [1.807, 2.05) is 32.0 Å². The van der Waals surface area contributed by atoms with Crippen LogP contribution in [-0.4, -0.2) is 36.8 Å². The number of hydrogen-bond donors (Lipinski definition) is 0. The van der Waals surface area contributed by atoms with Crippen LogP contribution in [0.3, 0.4) is 0 Å². The summed E-state index contributed by atoms with van der Waals surface area (Å²) in [5.74, 6) is -0.244. The molecule has 0 unspecified atom stereocenters. The summed E-state index contributed by atoms with van der Waals surface area (Å²) < 4.78 is 15.6. The fraction of sp³-hybridized carbons (Fsp3) is 0.273. The number of hydrazone groups is 1. The Morgan fingerprint density at radius 1 is 1.07 bits per heavy atom. The molecule has 0 saturated carbocycles. The van der Waals surface area contributed by atoms with Gasteiger partial charge in [0.2, 0.25) is 12.7 Å². The number of benzene rings is 2. The lowest BCUT2D eigenvalue weighted by Gasteiger charge is -2.24. The van der Waals surface area contributed by atoms with Gasteiger partial charge in [0.25, 0.3) is 0 Å². The highest BCUT2D eigenvalue weighted by molar-refractivity contribution is 6.38. The Hall–Kier alpha value is -3.68. The van der Waals surface area contributed by atoms with Gasteiger partial charge in [0.05, 0.1) is 5.69 Å². The Labute approximate surface area is 173 Å². The third kappa shape index (κ3) is 3.89. The molecule has 8 heteroatoms. The van der Waals surface area contributed by atoms with Crippen molar-refractivity contribution in [3.05, 3.63) is 53.1 Å². The molecule has 4 rings (SSSR count). The predicted molar refractivity (Wildman–Crippen MR) is 108 cm³/mol. The fourth-order valence-corrected chi connectivity index (χ4v) is 3.20. The van der Waals surface area contributed by atoms with E-state index in [0.717, 1.165) is 11.1 Å². The maximum Gasteiger partial charge on any atom is 0.354 e. The molecule has 0 bridgehead atoms. The van der Waals surface area contributed by atoms with Crippen LogP contribution in [0.2, 0.25) is 0 Å². The van der Waals surface area contributed by atoms with Crippen molar-refractivity contribution in [1.29, 1.82) is 0 Å². The molecular formula is C22H20N2O6. The first-order chi connectivity index (χ1) is 14.4. The summed E-state index contributed by atoms with van der Waals surface area (Å²) in [6.45, 7) is 3.46. The van der Waals surface area contributed by atoms with E-state index >= 15 is 0 Å². The standard InChI is InChI=1S/C22H20N2O6/c1-13-3-4-14(2)17(9-13)24-21(26)8-6-16(23-24)22(27)28-11-18(25)15-5-7-19-20(10-15)30-12-29-19/h3-5,7,9-10H,6,8,11-12H2,1-2H3. The van der Waals surface area contributed by atoms with Crippen LogP contribution in [0, 0.1) is 13.8 Å². The van der Waals surface area contributed by atoms with E-state index in [0.29, 0.717) is 22.7 Å². The van der Waals surface area contributed by atoms with Gasteiger partial charge in [-0.05, 0) is 49.2 Å². The summed E-state index contributed by atoms with van der Waals surface area (Å²) in [7, 11) is 0. The smallest absolute Gasteiger partial charge is 0.354 e. The number of carbonyl (C=O) groups is 3. The Morgan fingerprint density at radius 2 is 1.87 bits per heavy atom. The van der Waals surface area contributed by atoms with Crippen molar-refractivity contribution in [2.45, 2.75) is 26.7 Å². The lowest BCUT2D eigenvalue weighted by atomic mass is 10.1. The second kappa shape index (κ2) is 7.98. The number of esters is 1. The maximum atomic E-state index is 12.5. The van der Waals surface area contributed by atoms with E-state index in [4.69, 9.17) is 14.2 Å². The number of Topliss-reactive ketones (excluding diaryl/α,β-unsaturated/α-hetero) is 1. The van der Waals surface area contributed by atoms with Crippen molar-refractivity contribution >= 4 is 29.1 Å². The molecule has 2 aromatic rings. The number of aryl methyl sites for hydroxylation is 2. The zero-order chi connectivity index (χ0) is 21.3. The molecule has 0 fully saturated rings. The first-order valence-corrected chi connectivity index (χ1v) is 9.50. The van der Waals surface area contributed by atoms with E-state index in [1.54, 1.807) is 18.2 Å². The van der Waals surface area contributed by atoms with Gasteiger partial charge >= 0.3 is 5.97 Å². The number of nitrogens with zero attached hydrogens (tertiary/aromatic N) is 2. The fourth-order valence-electron chi connectivity index (χ4n) is 3.20. The lowest BCUT2D eigenvalue weighted by Crippen LogP contribution is -2.35. The molecule has 30 heavy (non-hydrogen) atoms. The van der Waals surface area contributed by atoms with Gasteiger partial charge in [-0.25, -0.2) is 4.79 Å². The van der Waals surface area contributed by atoms with Crippen LogP contribution < -0.4 is 14.5 Å². The SMILES string of the molecule is Cc1ccc(C)c(N2N=C(C(=O)OCC(=O)c3ccc4c(c3)OCO4)CCC2=O)c1. The van der Waals surface area contributed by atoms with Crippen molar-refractivity contribution in [3.63, 3.8) is 0 Å². The maximum absolute atomic E-state index is 12.5. The van der Waals surface area contributed by atoms with E-state index < -0.39 is 12.6 Å². The largest absolute Gasteiger partial charge is 0.454 e. The normalized spacial score (nSPS) is 15.1. The summed E-state index contributed by atoms with van der Waals surface area (Å²) in [6.07, 6.45) is 0.300. The average Bonchev–Trinajstić information content (AvgIpc) is 3.22. The first-order valence-electron chi connectivity index (χ1n) is 9.50. The van der Waals surface area contributed by atoms with Crippen LogP contribution in [0.1, 0.15) is 34.3 Å². The molecule has 2 aliphatic heterocycles. The topological polar surface area (TPSA) is 94.5 Å². The molecule has 0 saturated heterocycles. The van der Waals surface area contributed by atoms with Crippen molar-refractivity contribution in [2.24, 2.45) is 5.10 Å². The Bertz CT molecular complexity index is 1080. The highest BCUT2D eigenvalue weighted by Crippen LogP contribution is 2.32. The molecule has 0 radical (unpaired) electrons. The van der Waals surface area contributed by atoms with E-state index in [1.165, 1.54) is 5.01 Å². The molecule has 0 aromatic heterocycles. The quantitative estimate of drug-likeness (QED) is 0.558. The second-order valence-corrected chi connectivity index (χ2v) is 7.11. The highest BCUT2D eigenvalue weighted by atomic mass is 16.7. The highest BCUT2D eigenvalue weighted by Gasteiger charge is 2.28. The minimum atomic E-state index is -0.716. The van der Waals surface area contributed by atoms with E-state index in [2.05, 4.69) is 5.10 Å². The number of ketones is 1. The monoisotopic (exact) mass is 408 g/mol. The van der Waals surface area contributed by atoms with Gasteiger partial charge < -0.3 is 14.2 Å². The molecule has 0 N–H and O–H groups in total. The molecule has 1 amide bonds. The minimum absolute atomic E-state index is 0.106. The number of amides is 1. The summed E-state index contributed by atoms with van der Waals surface area (Å²) in [5.41, 5.74) is 2.92. The molecule has 0 atom stereocenters. The van der Waals surface area contributed by atoms with Crippen molar-refractivity contribution in [2.75, 3.05) is 18.4 Å². The third-order valence-electron chi connectivity index (χ3n) is 4.89. The molecule has 2 aliphatic rings. The number of carbonyl (C=O) groups excluding carboxylic acids is 3. The number of rotatable bonds is 5. The molecule has 2 heterocycles. The van der Waals surface area contributed by atoms with Gasteiger partial charge in [0.15, 0.2) is 23.9 Å². The molecule has 0 spiro atoms. The predicted octanol–water partition coefficient (Wildman–Crippen LogP) is 2.94. The number of hydrogen-bond acceptors (Lipinski definition) is 7. The Balaban J connectivity index is 1.45. The minimum Gasteiger partial charge on any atom is -0.454 e. The van der Waals surface area contributed by atoms with Gasteiger partial charge in [-0.2, -0.15) is 10.1 Å². The van der Waals surface area contributed by atoms with Crippen molar-refractivity contribution < 1.29 is 28.6 Å². The zero-order valence-corrected chi connectivity index (χ0v) is 16.6. The molecule has 154 valence electrons. The summed E-state index contributed by atoms with van der Waals surface area (Å²) in [4.78, 5) is 37.2. The average molecular weight is 408 g/mol. The number of fused-ring (bicyclic) bond motifs is 1. The van der Waals surface area contributed by atoms with Gasteiger partial charge in [-0.15, -0.1) is 0 Å². The number of ether oxygens (including phenoxy) is 3. The van der Waals surface area contributed by atoms with E-state index in [9.17, 15) is 14.4 Å². The van der Waals surface area contributed by atoms with Crippen molar-refractivity contribution in [3.8, 4) is 11.5 Å². The lowest BCUT2D eigenvalue weighted by molar-refractivity contribution is -0.134. The van der Waals surface area contributed by atoms with E-state index in [-0.39, 0.29) is 37.0 Å². The van der Waals surface area contributed by atoms with Gasteiger partial charge in [-0.1, -0.05) is 12.1 Å². The van der Waals surface area contributed by atoms with Crippen LogP contribution in [0.4, 0.5) is 5.69 Å². The number of anilines is 1. The summed E-state index contributed by atoms with van der Waals surface area (Å²) in [5, 5.41) is 5.45. The summed E-state index contributed by atoms with van der Waals surface area (Å²) >= 11 is 0. The Morgan fingerprint density at radius 3 is 2.70 bits per heavy atom. The van der Waals surface area contributed by atoms with Crippen LogP contribution >= 0.6 is 0 Å². The third-order valence-corrected chi connectivity index (χ3v) is 4.89. The Kier molecular flexibility index (Phi) is 5.22. The van der Waals surface area contributed by atoms with Crippen LogP contribution in [0.25, 0.3) is 0 Å². The first kappa shape index (κ1) is 19.6. The molecule has 8 nitrogen and oxygen atoms in total. The van der Waals surface area contributed by atoms with Crippen molar-refractivity contribution in [1.82, 2.24) is 0 Å².